The Morgan fingerprint density at radius 1 is 1.15 bits per heavy atom. The molecule has 0 saturated carbocycles. The lowest BCUT2D eigenvalue weighted by molar-refractivity contribution is 0.0735. The molecule has 4 nitrogen and oxygen atoms in total. The van der Waals surface area contributed by atoms with E-state index in [4.69, 9.17) is 0 Å². The summed E-state index contributed by atoms with van der Waals surface area (Å²) in [6.45, 7) is 2.64. The van der Waals surface area contributed by atoms with Crippen molar-refractivity contribution in [3.8, 4) is 0 Å². The molecular formula is C16H21N3O. The van der Waals surface area contributed by atoms with Gasteiger partial charge in [-0.3, -0.25) is 4.68 Å². The lowest BCUT2D eigenvalue weighted by Crippen LogP contribution is -2.39. The van der Waals surface area contributed by atoms with E-state index in [1.165, 1.54) is 5.69 Å². The van der Waals surface area contributed by atoms with E-state index in [1.54, 1.807) is 6.20 Å². The molecule has 20 heavy (non-hydrogen) atoms. The molecule has 0 aliphatic carbocycles. The largest absolute Gasteiger partial charge is 0.391 e. The Balaban J connectivity index is 1.53. The first-order valence-corrected chi connectivity index (χ1v) is 7.28. The Morgan fingerprint density at radius 2 is 1.90 bits per heavy atom. The van der Waals surface area contributed by atoms with Crippen LogP contribution in [0.4, 0.5) is 5.69 Å². The molecule has 4 heteroatoms. The minimum atomic E-state index is -0.298. The fraction of sp³-hybridized carbons (Fsp3) is 0.438. The third kappa shape index (κ3) is 3.02. The molecule has 1 aromatic heterocycles. The molecular weight excluding hydrogens is 250 g/mol. The summed E-state index contributed by atoms with van der Waals surface area (Å²) >= 11 is 0. The van der Waals surface area contributed by atoms with Crippen molar-refractivity contribution in [3.63, 3.8) is 0 Å². The van der Waals surface area contributed by atoms with Gasteiger partial charge in [0.05, 0.1) is 12.6 Å². The first kappa shape index (κ1) is 13.2. The van der Waals surface area contributed by atoms with Gasteiger partial charge >= 0.3 is 0 Å². The normalized spacial score (nSPS) is 18.1. The molecule has 1 unspecified atom stereocenters. The topological polar surface area (TPSA) is 41.3 Å². The van der Waals surface area contributed by atoms with Gasteiger partial charge in [-0.2, -0.15) is 5.10 Å². The number of rotatable bonds is 4. The van der Waals surface area contributed by atoms with Crippen LogP contribution in [0.1, 0.15) is 12.8 Å². The number of nitrogens with zero attached hydrogens (tertiary/aromatic N) is 3. The highest BCUT2D eigenvalue weighted by molar-refractivity contribution is 5.46. The third-order valence-corrected chi connectivity index (χ3v) is 4.14. The van der Waals surface area contributed by atoms with Crippen LogP contribution in [0.3, 0.4) is 0 Å². The SMILES string of the molecule is OC(Cn1cccn1)C1CCN(c2ccccc2)CC1. The fourth-order valence-corrected chi connectivity index (χ4v) is 2.93. The molecule has 2 heterocycles. The summed E-state index contributed by atoms with van der Waals surface area (Å²) in [5.41, 5.74) is 1.28. The van der Waals surface area contributed by atoms with Crippen LogP contribution in [0, 0.1) is 5.92 Å². The molecule has 2 aromatic rings. The third-order valence-electron chi connectivity index (χ3n) is 4.14. The lowest BCUT2D eigenvalue weighted by Gasteiger charge is -2.35. The first-order chi connectivity index (χ1) is 9.83. The fourth-order valence-electron chi connectivity index (χ4n) is 2.93. The minimum Gasteiger partial charge on any atom is -0.391 e. The number of anilines is 1. The zero-order chi connectivity index (χ0) is 13.8. The highest BCUT2D eigenvalue weighted by atomic mass is 16.3. The van der Waals surface area contributed by atoms with E-state index in [0.29, 0.717) is 12.5 Å². The van der Waals surface area contributed by atoms with Crippen molar-refractivity contribution in [1.82, 2.24) is 9.78 Å². The van der Waals surface area contributed by atoms with Gasteiger partial charge in [-0.1, -0.05) is 18.2 Å². The van der Waals surface area contributed by atoms with E-state index in [-0.39, 0.29) is 6.10 Å². The highest BCUT2D eigenvalue weighted by Crippen LogP contribution is 2.25. The average Bonchev–Trinajstić information content (AvgIpc) is 3.01. The molecule has 1 aliphatic heterocycles. The molecule has 1 N–H and O–H groups in total. The monoisotopic (exact) mass is 271 g/mol. The second-order valence-electron chi connectivity index (χ2n) is 5.46. The van der Waals surface area contributed by atoms with Crippen LogP contribution in [0.25, 0.3) is 0 Å². The van der Waals surface area contributed by atoms with Crippen molar-refractivity contribution in [2.45, 2.75) is 25.5 Å². The molecule has 0 radical (unpaired) electrons. The molecule has 1 aromatic carbocycles. The predicted octanol–water partition coefficient (Wildman–Crippen LogP) is 2.16. The van der Waals surface area contributed by atoms with Gasteiger partial charge in [-0.25, -0.2) is 0 Å². The number of benzene rings is 1. The number of piperidine rings is 1. The summed E-state index contributed by atoms with van der Waals surface area (Å²) in [7, 11) is 0. The van der Waals surface area contributed by atoms with E-state index in [9.17, 15) is 5.11 Å². The zero-order valence-corrected chi connectivity index (χ0v) is 11.6. The molecule has 1 saturated heterocycles. The number of aliphatic hydroxyl groups is 1. The van der Waals surface area contributed by atoms with Gasteiger partial charge in [0.1, 0.15) is 0 Å². The van der Waals surface area contributed by atoms with E-state index >= 15 is 0 Å². The lowest BCUT2D eigenvalue weighted by atomic mass is 9.91. The van der Waals surface area contributed by atoms with E-state index in [2.05, 4.69) is 34.3 Å². The molecule has 0 amide bonds. The van der Waals surface area contributed by atoms with Crippen molar-refractivity contribution in [1.29, 1.82) is 0 Å². The molecule has 106 valence electrons. The van der Waals surface area contributed by atoms with Gasteiger partial charge in [0.2, 0.25) is 0 Å². The van der Waals surface area contributed by atoms with Crippen LogP contribution in [0.15, 0.2) is 48.8 Å². The van der Waals surface area contributed by atoms with Crippen molar-refractivity contribution in [3.05, 3.63) is 48.8 Å². The molecule has 0 bridgehead atoms. The Morgan fingerprint density at radius 3 is 2.55 bits per heavy atom. The maximum Gasteiger partial charge on any atom is 0.0765 e. The minimum absolute atomic E-state index is 0.298. The van der Waals surface area contributed by atoms with Crippen LogP contribution >= 0.6 is 0 Å². The summed E-state index contributed by atoms with van der Waals surface area (Å²) in [6.07, 6.45) is 5.44. The summed E-state index contributed by atoms with van der Waals surface area (Å²) in [5.74, 6) is 0.374. The molecule has 3 rings (SSSR count). The van der Waals surface area contributed by atoms with E-state index in [1.807, 2.05) is 23.0 Å². The van der Waals surface area contributed by atoms with E-state index in [0.717, 1.165) is 25.9 Å². The number of hydrogen-bond acceptors (Lipinski definition) is 3. The Bertz CT molecular complexity index is 504. The van der Waals surface area contributed by atoms with Gasteiger partial charge in [0.25, 0.3) is 0 Å². The molecule has 0 spiro atoms. The van der Waals surface area contributed by atoms with Crippen LogP contribution in [0.2, 0.25) is 0 Å². The summed E-state index contributed by atoms with van der Waals surface area (Å²) in [6, 6.07) is 12.4. The second-order valence-corrected chi connectivity index (χ2v) is 5.46. The number of aliphatic hydroxyl groups excluding tert-OH is 1. The standard InChI is InChI=1S/C16H21N3O/c20-16(13-19-10-4-9-17-19)14-7-11-18(12-8-14)15-5-2-1-3-6-15/h1-6,9-10,14,16,20H,7-8,11-13H2. The van der Waals surface area contributed by atoms with Crippen molar-refractivity contribution >= 4 is 5.69 Å². The van der Waals surface area contributed by atoms with Gasteiger partial charge in [0, 0.05) is 31.2 Å². The van der Waals surface area contributed by atoms with Gasteiger partial charge < -0.3 is 10.0 Å². The maximum absolute atomic E-state index is 10.3. The molecule has 1 atom stereocenters. The van der Waals surface area contributed by atoms with Gasteiger partial charge in [-0.15, -0.1) is 0 Å². The quantitative estimate of drug-likeness (QED) is 0.926. The van der Waals surface area contributed by atoms with Crippen molar-refractivity contribution < 1.29 is 5.11 Å². The summed E-state index contributed by atoms with van der Waals surface area (Å²) < 4.78 is 1.81. The van der Waals surface area contributed by atoms with Crippen LogP contribution in [-0.4, -0.2) is 34.1 Å². The zero-order valence-electron chi connectivity index (χ0n) is 11.6. The van der Waals surface area contributed by atoms with Crippen molar-refractivity contribution in [2.75, 3.05) is 18.0 Å². The predicted molar refractivity (Wildman–Crippen MR) is 79.6 cm³/mol. The molecule has 1 fully saturated rings. The number of aromatic nitrogens is 2. The smallest absolute Gasteiger partial charge is 0.0765 e. The number of para-hydroxylation sites is 1. The Hall–Kier alpha value is -1.81. The van der Waals surface area contributed by atoms with Gasteiger partial charge in [0.15, 0.2) is 0 Å². The van der Waals surface area contributed by atoms with Crippen LogP contribution in [0.5, 0.6) is 0 Å². The first-order valence-electron chi connectivity index (χ1n) is 7.28. The summed E-state index contributed by atoms with van der Waals surface area (Å²) in [4.78, 5) is 2.40. The average molecular weight is 271 g/mol. The van der Waals surface area contributed by atoms with E-state index < -0.39 is 0 Å². The maximum atomic E-state index is 10.3. The van der Waals surface area contributed by atoms with Crippen molar-refractivity contribution in [2.24, 2.45) is 5.92 Å². The molecule has 1 aliphatic rings. The summed E-state index contributed by atoms with van der Waals surface area (Å²) in [5, 5.41) is 14.5. The van der Waals surface area contributed by atoms with Gasteiger partial charge in [-0.05, 0) is 37.0 Å². The Kier molecular flexibility index (Phi) is 4.02. The highest BCUT2D eigenvalue weighted by Gasteiger charge is 2.25. The van der Waals surface area contributed by atoms with Crippen LogP contribution in [-0.2, 0) is 6.54 Å². The second kappa shape index (κ2) is 6.09. The Labute approximate surface area is 119 Å². The number of hydrogen-bond donors (Lipinski definition) is 1. The van der Waals surface area contributed by atoms with Crippen LogP contribution < -0.4 is 4.90 Å².